The van der Waals surface area contributed by atoms with Gasteiger partial charge in [0, 0.05) is 11.1 Å². The number of hydrogen-bond acceptors (Lipinski definition) is 3. The molecule has 4 saturated carbocycles. The Hall–Kier alpha value is -1.63. The van der Waals surface area contributed by atoms with Crippen LogP contribution in [0.3, 0.4) is 0 Å². The van der Waals surface area contributed by atoms with Crippen molar-refractivity contribution >= 4 is 17.8 Å². The molecule has 0 heterocycles. The number of carbonyl (C=O) groups is 3. The largest absolute Gasteiger partial charge is 0.347 e. The van der Waals surface area contributed by atoms with Gasteiger partial charge in [-0.2, -0.15) is 0 Å². The molecular weight excluding hydrogens is 356 g/mol. The highest BCUT2D eigenvalue weighted by Crippen LogP contribution is 2.55. The summed E-state index contributed by atoms with van der Waals surface area (Å²) in [6.45, 7) is 8.69. The van der Waals surface area contributed by atoms with Crippen LogP contribution in [0.25, 0.3) is 0 Å². The number of imide groups is 1. The second-order valence-electron chi connectivity index (χ2n) is 10.5. The SMILES string of the molecule is CC[NH+](CC(=O)NC(=O)NC12CC3CC(CC(C3)C1)C2)CC(=O)NC(C)(C)C. The van der Waals surface area contributed by atoms with E-state index in [1.54, 1.807) is 0 Å². The van der Waals surface area contributed by atoms with E-state index in [2.05, 4.69) is 16.0 Å². The summed E-state index contributed by atoms with van der Waals surface area (Å²) < 4.78 is 0. The molecule has 7 nitrogen and oxygen atoms in total. The molecular formula is C21H37N4O3+. The zero-order valence-electron chi connectivity index (χ0n) is 17.8. The molecule has 4 aliphatic carbocycles. The first kappa shape index (κ1) is 21.1. The Labute approximate surface area is 168 Å². The van der Waals surface area contributed by atoms with Crippen LogP contribution in [0.1, 0.15) is 66.2 Å². The Kier molecular flexibility index (Phi) is 6.03. The van der Waals surface area contributed by atoms with Crippen LogP contribution < -0.4 is 20.9 Å². The molecule has 4 aliphatic rings. The van der Waals surface area contributed by atoms with Crippen molar-refractivity contribution in [3.8, 4) is 0 Å². The maximum absolute atomic E-state index is 12.5. The Morgan fingerprint density at radius 1 is 0.929 bits per heavy atom. The maximum Gasteiger partial charge on any atom is 0.322 e. The van der Waals surface area contributed by atoms with E-state index >= 15 is 0 Å². The predicted octanol–water partition coefficient (Wildman–Crippen LogP) is 0.601. The minimum Gasteiger partial charge on any atom is -0.347 e. The molecule has 4 N–H and O–H groups in total. The molecule has 0 aromatic rings. The van der Waals surface area contributed by atoms with Gasteiger partial charge < -0.3 is 15.5 Å². The Morgan fingerprint density at radius 3 is 1.89 bits per heavy atom. The quantitative estimate of drug-likeness (QED) is 0.533. The number of quaternary nitrogens is 1. The number of urea groups is 1. The Bertz CT molecular complexity index is 590. The van der Waals surface area contributed by atoms with Crippen LogP contribution in [0.15, 0.2) is 0 Å². The zero-order chi connectivity index (χ0) is 20.5. The molecule has 28 heavy (non-hydrogen) atoms. The van der Waals surface area contributed by atoms with E-state index in [0.717, 1.165) is 41.9 Å². The summed E-state index contributed by atoms with van der Waals surface area (Å²) >= 11 is 0. The van der Waals surface area contributed by atoms with Gasteiger partial charge >= 0.3 is 6.03 Å². The highest BCUT2D eigenvalue weighted by Gasteiger charge is 2.51. The summed E-state index contributed by atoms with van der Waals surface area (Å²) in [5.74, 6) is 1.80. The van der Waals surface area contributed by atoms with E-state index in [0.29, 0.717) is 6.54 Å². The molecule has 7 heteroatoms. The van der Waals surface area contributed by atoms with E-state index < -0.39 is 0 Å². The summed E-state index contributed by atoms with van der Waals surface area (Å²) in [7, 11) is 0. The lowest BCUT2D eigenvalue weighted by Crippen LogP contribution is -3.14. The van der Waals surface area contributed by atoms with Crippen LogP contribution in [0.5, 0.6) is 0 Å². The average Bonchev–Trinajstić information content (AvgIpc) is 2.49. The molecule has 4 rings (SSSR count). The van der Waals surface area contributed by atoms with Gasteiger partial charge in [0.05, 0.1) is 6.54 Å². The molecule has 0 spiro atoms. The standard InChI is InChI=1S/C21H36N4O3/c1-5-25(13-18(27)23-20(2,3)4)12-17(26)22-19(28)24-21-9-14-6-15(10-21)8-16(7-14)11-21/h14-16H,5-13H2,1-4H3,(H,23,27)(H2,22,24,26,28)/p+1. The Balaban J connectivity index is 1.46. The Morgan fingerprint density at radius 2 is 1.43 bits per heavy atom. The van der Waals surface area contributed by atoms with Gasteiger partial charge in [-0.25, -0.2) is 4.79 Å². The highest BCUT2D eigenvalue weighted by atomic mass is 16.2. The third-order valence-electron chi connectivity index (χ3n) is 6.51. The normalized spacial score (nSPS) is 31.9. The number of hydrogen-bond donors (Lipinski definition) is 4. The smallest absolute Gasteiger partial charge is 0.322 e. The minimum atomic E-state index is -0.374. The van der Waals surface area contributed by atoms with Crippen molar-refractivity contribution in [3.05, 3.63) is 0 Å². The van der Waals surface area contributed by atoms with Gasteiger partial charge in [0.2, 0.25) is 0 Å². The van der Waals surface area contributed by atoms with Crippen molar-refractivity contribution in [2.75, 3.05) is 19.6 Å². The van der Waals surface area contributed by atoms with E-state index in [1.165, 1.54) is 19.3 Å². The van der Waals surface area contributed by atoms with Crippen molar-refractivity contribution in [1.29, 1.82) is 0 Å². The molecule has 0 aromatic heterocycles. The molecule has 158 valence electrons. The topological polar surface area (TPSA) is 91.7 Å². The van der Waals surface area contributed by atoms with Gasteiger partial charge in [-0.1, -0.05) is 0 Å². The lowest BCUT2D eigenvalue weighted by Gasteiger charge is -2.56. The van der Waals surface area contributed by atoms with Crippen molar-refractivity contribution in [2.24, 2.45) is 17.8 Å². The van der Waals surface area contributed by atoms with Gasteiger partial charge in [-0.05, 0) is 84.0 Å². The molecule has 4 fully saturated rings. The number of carbonyl (C=O) groups excluding carboxylic acids is 3. The molecule has 1 atom stereocenters. The van der Waals surface area contributed by atoms with Gasteiger partial charge in [0.25, 0.3) is 11.8 Å². The number of amides is 4. The van der Waals surface area contributed by atoms with Crippen molar-refractivity contribution in [2.45, 2.75) is 77.3 Å². The fraction of sp³-hybridized carbons (Fsp3) is 0.857. The first-order chi connectivity index (χ1) is 13.1. The highest BCUT2D eigenvalue weighted by molar-refractivity contribution is 5.95. The molecule has 0 saturated heterocycles. The lowest BCUT2D eigenvalue weighted by atomic mass is 9.53. The molecule has 1 unspecified atom stereocenters. The van der Waals surface area contributed by atoms with Gasteiger partial charge in [-0.15, -0.1) is 0 Å². The fourth-order valence-corrected chi connectivity index (χ4v) is 5.94. The number of nitrogens with one attached hydrogen (secondary N) is 4. The lowest BCUT2D eigenvalue weighted by molar-refractivity contribution is -0.881. The maximum atomic E-state index is 12.5. The zero-order valence-corrected chi connectivity index (χ0v) is 17.8. The van der Waals surface area contributed by atoms with Crippen LogP contribution in [0.4, 0.5) is 4.79 Å². The van der Waals surface area contributed by atoms with Crippen molar-refractivity contribution in [3.63, 3.8) is 0 Å². The molecule has 4 bridgehead atoms. The van der Waals surface area contributed by atoms with Crippen molar-refractivity contribution in [1.82, 2.24) is 16.0 Å². The van der Waals surface area contributed by atoms with E-state index in [9.17, 15) is 14.4 Å². The summed E-state index contributed by atoms with van der Waals surface area (Å²) in [5, 5.41) is 8.57. The third-order valence-corrected chi connectivity index (χ3v) is 6.51. The molecule has 0 radical (unpaired) electrons. The van der Waals surface area contributed by atoms with Crippen molar-refractivity contribution < 1.29 is 19.3 Å². The van der Waals surface area contributed by atoms with E-state index in [-0.39, 0.29) is 42.0 Å². The summed E-state index contributed by atoms with van der Waals surface area (Å²) in [4.78, 5) is 37.8. The summed E-state index contributed by atoms with van der Waals surface area (Å²) in [6, 6.07) is -0.374. The van der Waals surface area contributed by atoms with Crippen LogP contribution >= 0.6 is 0 Å². The first-order valence-electron chi connectivity index (χ1n) is 10.8. The van der Waals surface area contributed by atoms with Crippen LogP contribution in [0.2, 0.25) is 0 Å². The van der Waals surface area contributed by atoms with Crippen LogP contribution in [-0.2, 0) is 9.59 Å². The third kappa shape index (κ3) is 5.46. The van der Waals surface area contributed by atoms with Gasteiger partial charge in [0.1, 0.15) is 0 Å². The summed E-state index contributed by atoms with van der Waals surface area (Å²) in [5.41, 5.74) is -0.404. The van der Waals surface area contributed by atoms with Crippen LogP contribution in [0, 0.1) is 17.8 Å². The number of rotatable bonds is 6. The van der Waals surface area contributed by atoms with E-state index in [1.807, 2.05) is 27.7 Å². The van der Waals surface area contributed by atoms with Gasteiger partial charge in [0.15, 0.2) is 13.1 Å². The summed E-state index contributed by atoms with van der Waals surface area (Å²) in [6.07, 6.45) is 7.10. The van der Waals surface area contributed by atoms with E-state index in [4.69, 9.17) is 0 Å². The molecule has 0 aromatic carbocycles. The number of likely N-dealkylation sites (N-methyl/N-ethyl adjacent to an activating group) is 1. The van der Waals surface area contributed by atoms with Gasteiger partial charge in [-0.3, -0.25) is 14.9 Å². The minimum absolute atomic E-state index is 0.0878. The monoisotopic (exact) mass is 393 g/mol. The second-order valence-corrected chi connectivity index (χ2v) is 10.5. The van der Waals surface area contributed by atoms with Crippen LogP contribution in [-0.4, -0.2) is 48.6 Å². The molecule has 0 aliphatic heterocycles. The molecule has 4 amide bonds. The first-order valence-corrected chi connectivity index (χ1v) is 10.8. The average molecular weight is 394 g/mol. The predicted molar refractivity (Wildman–Crippen MR) is 107 cm³/mol. The fourth-order valence-electron chi connectivity index (χ4n) is 5.94. The second kappa shape index (κ2) is 8.01.